The first-order valence-corrected chi connectivity index (χ1v) is 5.56. The molecular formula is C11H21N. The Morgan fingerprint density at radius 3 is 1.75 bits per heavy atom. The molecule has 2 rings (SSSR count). The molecule has 2 fully saturated rings. The van der Waals surface area contributed by atoms with Crippen molar-refractivity contribution < 1.29 is 0 Å². The third kappa shape index (κ3) is 1.39. The van der Waals surface area contributed by atoms with Crippen LogP contribution < -0.4 is 0 Å². The summed E-state index contributed by atoms with van der Waals surface area (Å²) in [5.41, 5.74) is 0. The van der Waals surface area contributed by atoms with Gasteiger partial charge in [-0.1, -0.05) is 12.8 Å². The molecule has 1 heteroatoms. The van der Waals surface area contributed by atoms with Crippen LogP contribution in [-0.4, -0.2) is 23.0 Å². The Hall–Kier alpha value is -0.0400. The molecule has 70 valence electrons. The Kier molecular flexibility index (Phi) is 2.40. The van der Waals surface area contributed by atoms with Gasteiger partial charge < -0.3 is 0 Å². The predicted octanol–water partition coefficient (Wildman–Crippen LogP) is 2.80. The van der Waals surface area contributed by atoms with Crippen LogP contribution in [0.2, 0.25) is 0 Å². The Bertz CT molecular complexity index is 139. The van der Waals surface area contributed by atoms with Gasteiger partial charge in [-0.05, 0) is 39.5 Å². The Morgan fingerprint density at radius 1 is 0.833 bits per heavy atom. The third-order valence-electron chi connectivity index (χ3n) is 3.76. The predicted molar refractivity (Wildman–Crippen MR) is 52.3 cm³/mol. The topological polar surface area (TPSA) is 3.24 Å². The van der Waals surface area contributed by atoms with Crippen molar-refractivity contribution in [3.63, 3.8) is 0 Å². The highest BCUT2D eigenvalue weighted by atomic mass is 15.2. The molecule has 2 heterocycles. The summed E-state index contributed by atoms with van der Waals surface area (Å²) in [5, 5.41) is 0. The number of hydrogen-bond acceptors (Lipinski definition) is 1. The van der Waals surface area contributed by atoms with E-state index in [1.54, 1.807) is 0 Å². The summed E-state index contributed by atoms with van der Waals surface area (Å²) in [6.45, 7) is 4.82. The first-order valence-electron chi connectivity index (χ1n) is 5.56. The van der Waals surface area contributed by atoms with Crippen LogP contribution in [0.25, 0.3) is 0 Å². The number of hydrogen-bond donors (Lipinski definition) is 0. The Morgan fingerprint density at radius 2 is 1.33 bits per heavy atom. The van der Waals surface area contributed by atoms with E-state index in [0.29, 0.717) is 0 Å². The second-order valence-electron chi connectivity index (χ2n) is 4.66. The van der Waals surface area contributed by atoms with E-state index in [9.17, 15) is 0 Å². The minimum Gasteiger partial charge on any atom is -0.295 e. The molecule has 0 spiro atoms. The molecule has 0 aromatic heterocycles. The van der Waals surface area contributed by atoms with E-state index in [4.69, 9.17) is 0 Å². The van der Waals surface area contributed by atoms with Crippen LogP contribution in [-0.2, 0) is 0 Å². The van der Waals surface area contributed by atoms with Gasteiger partial charge in [0, 0.05) is 18.1 Å². The normalized spacial score (nSPS) is 44.0. The number of piperidine rings is 2. The van der Waals surface area contributed by atoms with Crippen LogP contribution in [0.3, 0.4) is 0 Å². The van der Waals surface area contributed by atoms with Gasteiger partial charge in [0.05, 0.1) is 0 Å². The average Bonchev–Trinajstić information content (AvgIpc) is 2.04. The SMILES string of the molecule is C[C@@H]1CCCC2CCC[C@H](C)N21. The lowest BCUT2D eigenvalue weighted by atomic mass is 9.86. The van der Waals surface area contributed by atoms with Crippen molar-refractivity contribution in [2.45, 2.75) is 70.5 Å². The fourth-order valence-electron chi connectivity index (χ4n) is 3.19. The molecule has 0 aromatic carbocycles. The summed E-state index contributed by atoms with van der Waals surface area (Å²) < 4.78 is 0. The monoisotopic (exact) mass is 167 g/mol. The second kappa shape index (κ2) is 3.37. The zero-order valence-corrected chi connectivity index (χ0v) is 8.42. The molecule has 0 amide bonds. The summed E-state index contributed by atoms with van der Waals surface area (Å²) in [7, 11) is 0. The van der Waals surface area contributed by atoms with Crippen molar-refractivity contribution in [1.29, 1.82) is 0 Å². The van der Waals surface area contributed by atoms with E-state index < -0.39 is 0 Å². The number of fused-ring (bicyclic) bond motifs is 1. The molecule has 2 aliphatic rings. The summed E-state index contributed by atoms with van der Waals surface area (Å²) in [6.07, 6.45) is 8.73. The molecule has 2 aliphatic heterocycles. The lowest BCUT2D eigenvalue weighted by Gasteiger charge is -2.47. The van der Waals surface area contributed by atoms with Crippen LogP contribution in [0, 0.1) is 0 Å². The summed E-state index contributed by atoms with van der Waals surface area (Å²) >= 11 is 0. The van der Waals surface area contributed by atoms with Crippen molar-refractivity contribution in [3.05, 3.63) is 0 Å². The fraction of sp³-hybridized carbons (Fsp3) is 1.00. The van der Waals surface area contributed by atoms with E-state index in [1.165, 1.54) is 38.5 Å². The van der Waals surface area contributed by atoms with Gasteiger partial charge in [-0.2, -0.15) is 0 Å². The molecule has 0 aromatic rings. The van der Waals surface area contributed by atoms with Crippen molar-refractivity contribution in [2.24, 2.45) is 0 Å². The van der Waals surface area contributed by atoms with E-state index in [2.05, 4.69) is 18.7 Å². The van der Waals surface area contributed by atoms with E-state index in [0.717, 1.165) is 18.1 Å². The molecule has 0 saturated carbocycles. The highest BCUT2D eigenvalue weighted by Crippen LogP contribution is 2.33. The standard InChI is InChI=1S/C11H21N/c1-9-5-3-7-11-8-4-6-10(2)12(9)11/h9-11H,3-8H2,1-2H3/t9-,10+,11?. The zero-order chi connectivity index (χ0) is 8.55. The molecule has 2 saturated heterocycles. The van der Waals surface area contributed by atoms with Crippen molar-refractivity contribution in [2.75, 3.05) is 0 Å². The molecule has 0 radical (unpaired) electrons. The van der Waals surface area contributed by atoms with E-state index >= 15 is 0 Å². The van der Waals surface area contributed by atoms with Crippen molar-refractivity contribution >= 4 is 0 Å². The van der Waals surface area contributed by atoms with Gasteiger partial charge >= 0.3 is 0 Å². The molecule has 3 atom stereocenters. The maximum atomic E-state index is 2.78. The van der Waals surface area contributed by atoms with Gasteiger partial charge in [0.1, 0.15) is 0 Å². The minimum absolute atomic E-state index is 0.860. The molecule has 0 N–H and O–H groups in total. The van der Waals surface area contributed by atoms with E-state index in [-0.39, 0.29) is 0 Å². The first kappa shape index (κ1) is 8.55. The zero-order valence-electron chi connectivity index (χ0n) is 8.42. The third-order valence-corrected chi connectivity index (χ3v) is 3.76. The van der Waals surface area contributed by atoms with Gasteiger partial charge in [0.2, 0.25) is 0 Å². The van der Waals surface area contributed by atoms with Gasteiger partial charge in [-0.3, -0.25) is 4.90 Å². The molecule has 0 aliphatic carbocycles. The maximum Gasteiger partial charge on any atom is 0.0101 e. The quantitative estimate of drug-likeness (QED) is 0.536. The molecule has 12 heavy (non-hydrogen) atoms. The fourth-order valence-corrected chi connectivity index (χ4v) is 3.19. The van der Waals surface area contributed by atoms with Crippen molar-refractivity contribution in [1.82, 2.24) is 4.90 Å². The van der Waals surface area contributed by atoms with E-state index in [1.807, 2.05) is 0 Å². The van der Waals surface area contributed by atoms with Crippen molar-refractivity contribution in [3.8, 4) is 0 Å². The summed E-state index contributed by atoms with van der Waals surface area (Å²) in [4.78, 5) is 2.78. The number of nitrogens with zero attached hydrogens (tertiary/aromatic N) is 1. The second-order valence-corrected chi connectivity index (χ2v) is 4.66. The maximum absolute atomic E-state index is 2.78. The molecular weight excluding hydrogens is 146 g/mol. The van der Waals surface area contributed by atoms with Gasteiger partial charge in [-0.25, -0.2) is 0 Å². The Labute approximate surface area is 76.1 Å². The average molecular weight is 167 g/mol. The first-order chi connectivity index (χ1) is 5.79. The van der Waals surface area contributed by atoms with Gasteiger partial charge in [0.25, 0.3) is 0 Å². The van der Waals surface area contributed by atoms with Gasteiger partial charge in [0.15, 0.2) is 0 Å². The highest BCUT2D eigenvalue weighted by molar-refractivity contribution is 4.89. The molecule has 0 bridgehead atoms. The molecule has 1 unspecified atom stereocenters. The largest absolute Gasteiger partial charge is 0.295 e. The summed E-state index contributed by atoms with van der Waals surface area (Å²) in [6, 6.07) is 2.66. The van der Waals surface area contributed by atoms with Crippen LogP contribution in [0.5, 0.6) is 0 Å². The molecule has 1 nitrogen and oxygen atoms in total. The number of rotatable bonds is 0. The summed E-state index contributed by atoms with van der Waals surface area (Å²) in [5.74, 6) is 0. The lowest BCUT2D eigenvalue weighted by molar-refractivity contribution is 0.0192. The van der Waals surface area contributed by atoms with Gasteiger partial charge in [-0.15, -0.1) is 0 Å². The van der Waals surface area contributed by atoms with Crippen LogP contribution in [0.4, 0.5) is 0 Å². The smallest absolute Gasteiger partial charge is 0.0101 e. The van der Waals surface area contributed by atoms with Crippen LogP contribution >= 0.6 is 0 Å². The van der Waals surface area contributed by atoms with Crippen LogP contribution in [0.15, 0.2) is 0 Å². The lowest BCUT2D eigenvalue weighted by Crippen LogP contribution is -2.52. The minimum atomic E-state index is 0.860. The Balaban J connectivity index is 2.07. The van der Waals surface area contributed by atoms with Crippen LogP contribution in [0.1, 0.15) is 52.4 Å². The highest BCUT2D eigenvalue weighted by Gasteiger charge is 2.33.